The molecule has 1 aliphatic carbocycles. The standard InChI is InChI=1S/C25H36F3N3O3/c1-24(2,3)34-23(33)30-21(25(26,27)28)15-22(32)29-20-9-7-8-18-14-17(10-11-19(18)20)16-31-12-5-4-6-13-31/h10-11,14,20-21H,4-9,12-13,15-16H2,1-3H3,(H,29,32)(H,30,33)/t20-,21?/m1/s1. The van der Waals surface area contributed by atoms with Gasteiger partial charge >= 0.3 is 12.3 Å². The van der Waals surface area contributed by atoms with Crippen LogP contribution in [-0.2, 0) is 22.5 Å². The fraction of sp³-hybridized carbons (Fsp3) is 0.680. The molecule has 190 valence electrons. The van der Waals surface area contributed by atoms with E-state index in [1.807, 2.05) is 6.07 Å². The number of nitrogens with one attached hydrogen (secondary N) is 2. The second-order valence-corrected chi connectivity index (χ2v) is 10.3. The third-order valence-corrected chi connectivity index (χ3v) is 6.19. The number of hydrogen-bond acceptors (Lipinski definition) is 4. The first-order chi connectivity index (χ1) is 15.9. The van der Waals surface area contributed by atoms with E-state index >= 15 is 0 Å². The Morgan fingerprint density at radius 2 is 1.82 bits per heavy atom. The van der Waals surface area contributed by atoms with Crippen LogP contribution in [-0.4, -0.2) is 47.8 Å². The van der Waals surface area contributed by atoms with Crippen LogP contribution >= 0.6 is 0 Å². The number of piperidine rings is 1. The average molecular weight is 484 g/mol. The highest BCUT2D eigenvalue weighted by Gasteiger charge is 2.43. The third kappa shape index (κ3) is 7.89. The normalized spacial score (nSPS) is 20.2. The van der Waals surface area contributed by atoms with Gasteiger partial charge in [0.2, 0.25) is 5.91 Å². The van der Waals surface area contributed by atoms with Gasteiger partial charge in [0, 0.05) is 6.54 Å². The zero-order chi connectivity index (χ0) is 24.9. The van der Waals surface area contributed by atoms with Crippen molar-refractivity contribution in [2.45, 2.75) is 96.1 Å². The Balaban J connectivity index is 1.62. The zero-order valence-electron chi connectivity index (χ0n) is 20.3. The second-order valence-electron chi connectivity index (χ2n) is 10.3. The lowest BCUT2D eigenvalue weighted by Crippen LogP contribution is -2.49. The predicted octanol–water partition coefficient (Wildman–Crippen LogP) is 5.01. The molecule has 6 nitrogen and oxygen atoms in total. The smallest absolute Gasteiger partial charge is 0.409 e. The van der Waals surface area contributed by atoms with Crippen LogP contribution in [0.3, 0.4) is 0 Å². The molecule has 1 aliphatic heterocycles. The number of nitrogens with zero attached hydrogens (tertiary/aromatic N) is 1. The molecule has 9 heteroatoms. The van der Waals surface area contributed by atoms with Crippen LogP contribution in [0.1, 0.15) is 82.0 Å². The third-order valence-electron chi connectivity index (χ3n) is 6.19. The molecule has 34 heavy (non-hydrogen) atoms. The highest BCUT2D eigenvalue weighted by atomic mass is 19.4. The number of hydrogen-bond donors (Lipinski definition) is 2. The van der Waals surface area contributed by atoms with Crippen molar-refractivity contribution >= 4 is 12.0 Å². The van der Waals surface area contributed by atoms with E-state index in [0.29, 0.717) is 6.42 Å². The van der Waals surface area contributed by atoms with Gasteiger partial charge in [-0.25, -0.2) is 4.79 Å². The first kappa shape index (κ1) is 26.3. The lowest BCUT2D eigenvalue weighted by Gasteiger charge is -2.30. The molecule has 1 aromatic rings. The van der Waals surface area contributed by atoms with Crippen molar-refractivity contribution in [3.8, 4) is 0 Å². The maximum Gasteiger partial charge on any atom is 0.409 e. The molecule has 2 amide bonds. The van der Waals surface area contributed by atoms with Crippen molar-refractivity contribution in [2.75, 3.05) is 13.1 Å². The fourth-order valence-electron chi connectivity index (χ4n) is 4.63. The molecule has 1 aromatic carbocycles. The molecule has 1 saturated heterocycles. The van der Waals surface area contributed by atoms with E-state index in [2.05, 4.69) is 22.3 Å². The van der Waals surface area contributed by atoms with Crippen LogP contribution in [0, 0.1) is 0 Å². The molecule has 0 aromatic heterocycles. The highest BCUT2D eigenvalue weighted by Crippen LogP contribution is 2.31. The predicted molar refractivity (Wildman–Crippen MR) is 123 cm³/mol. The molecule has 2 aliphatic rings. The molecule has 0 saturated carbocycles. The van der Waals surface area contributed by atoms with E-state index in [-0.39, 0.29) is 6.04 Å². The molecule has 1 heterocycles. The van der Waals surface area contributed by atoms with Crippen molar-refractivity contribution in [2.24, 2.45) is 0 Å². The summed E-state index contributed by atoms with van der Waals surface area (Å²) in [6.07, 6.45) is -0.743. The van der Waals surface area contributed by atoms with Gasteiger partial charge in [0.25, 0.3) is 0 Å². The maximum absolute atomic E-state index is 13.5. The minimum absolute atomic E-state index is 0.337. The summed E-state index contributed by atoms with van der Waals surface area (Å²) in [4.78, 5) is 26.9. The van der Waals surface area contributed by atoms with Crippen LogP contribution in [0.4, 0.5) is 18.0 Å². The highest BCUT2D eigenvalue weighted by molar-refractivity contribution is 5.78. The fourth-order valence-corrected chi connectivity index (χ4v) is 4.63. The van der Waals surface area contributed by atoms with Gasteiger partial charge in [-0.05, 0) is 82.7 Å². The Hall–Kier alpha value is -2.29. The Morgan fingerprint density at radius 1 is 1.12 bits per heavy atom. The van der Waals surface area contributed by atoms with Crippen molar-refractivity contribution in [1.29, 1.82) is 0 Å². The summed E-state index contributed by atoms with van der Waals surface area (Å²) in [5, 5.41) is 4.55. The molecular formula is C25H36F3N3O3. The molecule has 0 spiro atoms. The number of carbonyl (C=O) groups excluding carboxylic acids is 2. The number of likely N-dealkylation sites (tertiary alicyclic amines) is 1. The summed E-state index contributed by atoms with van der Waals surface area (Å²) in [6.45, 7) is 7.77. The Labute approximate surface area is 199 Å². The number of fused-ring (bicyclic) bond motifs is 1. The van der Waals surface area contributed by atoms with Gasteiger partial charge in [-0.1, -0.05) is 24.6 Å². The van der Waals surface area contributed by atoms with Crippen LogP contribution in [0.15, 0.2) is 18.2 Å². The Morgan fingerprint density at radius 3 is 2.47 bits per heavy atom. The van der Waals surface area contributed by atoms with Gasteiger partial charge in [0.15, 0.2) is 0 Å². The van der Waals surface area contributed by atoms with Gasteiger partial charge in [0.05, 0.1) is 12.5 Å². The first-order valence-electron chi connectivity index (χ1n) is 12.1. The molecule has 1 fully saturated rings. The van der Waals surface area contributed by atoms with E-state index in [0.717, 1.165) is 43.6 Å². The summed E-state index contributed by atoms with van der Waals surface area (Å²) >= 11 is 0. The second kappa shape index (κ2) is 11.0. The van der Waals surface area contributed by atoms with Gasteiger partial charge < -0.3 is 15.4 Å². The van der Waals surface area contributed by atoms with E-state index < -0.39 is 36.2 Å². The number of aryl methyl sites for hydroxylation is 1. The van der Waals surface area contributed by atoms with Crippen molar-refractivity contribution in [1.82, 2.24) is 15.5 Å². The number of halogens is 3. The first-order valence-corrected chi connectivity index (χ1v) is 12.1. The number of carbonyl (C=O) groups is 2. The molecule has 0 bridgehead atoms. The number of rotatable bonds is 6. The Kier molecular flexibility index (Phi) is 8.49. The van der Waals surface area contributed by atoms with Crippen LogP contribution < -0.4 is 10.6 Å². The number of alkyl halides is 3. The number of amides is 2. The minimum atomic E-state index is -4.78. The van der Waals surface area contributed by atoms with E-state index in [1.165, 1.54) is 24.8 Å². The quantitative estimate of drug-likeness (QED) is 0.597. The largest absolute Gasteiger partial charge is 0.444 e. The SMILES string of the molecule is CC(C)(C)OC(=O)NC(CC(=O)N[C@@H]1CCCc2cc(CN3CCCCC3)ccc21)C(F)(F)F. The van der Waals surface area contributed by atoms with Crippen molar-refractivity contribution < 1.29 is 27.5 Å². The Bertz CT molecular complexity index is 861. The molecular weight excluding hydrogens is 447 g/mol. The zero-order valence-corrected chi connectivity index (χ0v) is 20.3. The van der Waals surface area contributed by atoms with Gasteiger partial charge in [-0.3, -0.25) is 9.69 Å². The van der Waals surface area contributed by atoms with Crippen LogP contribution in [0.25, 0.3) is 0 Å². The summed E-state index contributed by atoms with van der Waals surface area (Å²) < 4.78 is 45.3. The van der Waals surface area contributed by atoms with E-state index in [4.69, 9.17) is 4.74 Å². The number of alkyl carbamates (subject to hydrolysis) is 1. The minimum Gasteiger partial charge on any atom is -0.444 e. The molecule has 0 radical (unpaired) electrons. The van der Waals surface area contributed by atoms with Gasteiger partial charge in [-0.15, -0.1) is 0 Å². The molecule has 3 rings (SSSR count). The number of ether oxygens (including phenoxy) is 1. The van der Waals surface area contributed by atoms with E-state index in [1.54, 1.807) is 26.1 Å². The maximum atomic E-state index is 13.5. The van der Waals surface area contributed by atoms with Gasteiger partial charge in [0.1, 0.15) is 11.6 Å². The summed E-state index contributed by atoms with van der Waals surface area (Å²) in [5.74, 6) is -0.756. The number of benzene rings is 1. The van der Waals surface area contributed by atoms with Crippen LogP contribution in [0.2, 0.25) is 0 Å². The van der Waals surface area contributed by atoms with Crippen molar-refractivity contribution in [3.05, 3.63) is 34.9 Å². The van der Waals surface area contributed by atoms with Crippen LogP contribution in [0.5, 0.6) is 0 Å². The molecule has 1 unspecified atom stereocenters. The summed E-state index contributed by atoms with van der Waals surface area (Å²) in [5.41, 5.74) is 2.39. The van der Waals surface area contributed by atoms with E-state index in [9.17, 15) is 22.8 Å². The van der Waals surface area contributed by atoms with Crippen molar-refractivity contribution in [3.63, 3.8) is 0 Å². The monoisotopic (exact) mass is 483 g/mol. The summed E-state index contributed by atoms with van der Waals surface area (Å²) in [6, 6.07) is 3.57. The van der Waals surface area contributed by atoms with Gasteiger partial charge in [-0.2, -0.15) is 13.2 Å². The average Bonchev–Trinajstić information content (AvgIpc) is 2.72. The molecule has 2 atom stereocenters. The topological polar surface area (TPSA) is 70.7 Å². The molecule has 2 N–H and O–H groups in total. The lowest BCUT2D eigenvalue weighted by molar-refractivity contribution is -0.161. The lowest BCUT2D eigenvalue weighted by atomic mass is 9.86. The summed E-state index contributed by atoms with van der Waals surface area (Å²) in [7, 11) is 0.